The van der Waals surface area contributed by atoms with Crippen molar-refractivity contribution >= 4 is 17.2 Å². The molecule has 0 aliphatic carbocycles. The molecule has 0 saturated carbocycles. The van der Waals surface area contributed by atoms with Gasteiger partial charge in [-0.1, -0.05) is 6.92 Å². The van der Waals surface area contributed by atoms with E-state index in [1.807, 2.05) is 0 Å². The van der Waals surface area contributed by atoms with E-state index in [4.69, 9.17) is 0 Å². The zero-order valence-corrected chi connectivity index (χ0v) is 11.1. The molecule has 2 rings (SSSR count). The Labute approximate surface area is 107 Å². The molecule has 1 aromatic rings. The summed E-state index contributed by atoms with van der Waals surface area (Å²) in [4.78, 5) is 14.3. The van der Waals surface area contributed by atoms with Gasteiger partial charge in [0.2, 0.25) is 5.91 Å². The van der Waals surface area contributed by atoms with Crippen LogP contribution in [0.2, 0.25) is 0 Å². The van der Waals surface area contributed by atoms with E-state index in [1.165, 1.54) is 16.2 Å². The number of aryl methyl sites for hydroxylation is 1. The summed E-state index contributed by atoms with van der Waals surface area (Å²) in [6.07, 6.45) is 4.02. The SMILES string of the molecule is CCc1ccc(CNC(=O)CC2CCCN2)s1. The molecule has 1 aliphatic heterocycles. The molecule has 1 aliphatic rings. The summed E-state index contributed by atoms with van der Waals surface area (Å²) in [5.74, 6) is 0.163. The largest absolute Gasteiger partial charge is 0.351 e. The van der Waals surface area contributed by atoms with Crippen LogP contribution in [0.4, 0.5) is 0 Å². The Morgan fingerprint density at radius 2 is 2.35 bits per heavy atom. The van der Waals surface area contributed by atoms with Crippen LogP contribution in [0.1, 0.15) is 35.9 Å². The monoisotopic (exact) mass is 252 g/mol. The molecule has 1 unspecified atom stereocenters. The van der Waals surface area contributed by atoms with E-state index < -0.39 is 0 Å². The number of rotatable bonds is 5. The lowest BCUT2D eigenvalue weighted by molar-refractivity contribution is -0.121. The summed E-state index contributed by atoms with van der Waals surface area (Å²) < 4.78 is 0. The number of thiophene rings is 1. The van der Waals surface area contributed by atoms with Gasteiger partial charge in [-0.05, 0) is 37.9 Å². The summed E-state index contributed by atoms with van der Waals surface area (Å²) in [5.41, 5.74) is 0. The predicted octanol–water partition coefficient (Wildman–Crippen LogP) is 2.07. The molecule has 1 atom stereocenters. The molecule has 94 valence electrons. The van der Waals surface area contributed by atoms with Crippen molar-refractivity contribution in [2.45, 2.75) is 45.2 Å². The fourth-order valence-electron chi connectivity index (χ4n) is 2.12. The predicted molar refractivity (Wildman–Crippen MR) is 71.2 cm³/mol. The van der Waals surface area contributed by atoms with Gasteiger partial charge in [0.05, 0.1) is 6.54 Å². The van der Waals surface area contributed by atoms with Crippen molar-refractivity contribution in [2.24, 2.45) is 0 Å². The molecule has 3 nitrogen and oxygen atoms in total. The lowest BCUT2D eigenvalue weighted by Crippen LogP contribution is -2.31. The Morgan fingerprint density at radius 3 is 3.00 bits per heavy atom. The van der Waals surface area contributed by atoms with Crippen LogP contribution in [0.5, 0.6) is 0 Å². The van der Waals surface area contributed by atoms with Crippen LogP contribution >= 0.6 is 11.3 Å². The highest BCUT2D eigenvalue weighted by Crippen LogP contribution is 2.16. The summed E-state index contributed by atoms with van der Waals surface area (Å²) in [7, 11) is 0. The van der Waals surface area contributed by atoms with Crippen molar-refractivity contribution in [3.05, 3.63) is 21.9 Å². The normalized spacial score (nSPS) is 19.5. The van der Waals surface area contributed by atoms with E-state index in [0.717, 1.165) is 19.4 Å². The molecule has 1 amide bonds. The number of nitrogens with one attached hydrogen (secondary N) is 2. The van der Waals surface area contributed by atoms with Crippen LogP contribution in [0, 0.1) is 0 Å². The van der Waals surface area contributed by atoms with Crippen LogP contribution in [0.25, 0.3) is 0 Å². The molecule has 1 saturated heterocycles. The molecule has 0 spiro atoms. The van der Waals surface area contributed by atoms with Crippen LogP contribution in [-0.4, -0.2) is 18.5 Å². The molecule has 1 fully saturated rings. The summed E-state index contributed by atoms with van der Waals surface area (Å²) in [6.45, 7) is 3.89. The van der Waals surface area contributed by atoms with E-state index in [0.29, 0.717) is 19.0 Å². The number of amides is 1. The summed E-state index contributed by atoms with van der Waals surface area (Å²) >= 11 is 1.79. The quantitative estimate of drug-likeness (QED) is 0.842. The Balaban J connectivity index is 1.71. The van der Waals surface area contributed by atoms with Crippen molar-refractivity contribution in [2.75, 3.05) is 6.54 Å². The number of hydrogen-bond donors (Lipinski definition) is 2. The van der Waals surface area contributed by atoms with Gasteiger partial charge in [-0.25, -0.2) is 0 Å². The fraction of sp³-hybridized carbons (Fsp3) is 0.615. The molecular formula is C13H20N2OS. The van der Waals surface area contributed by atoms with Crippen LogP contribution < -0.4 is 10.6 Å². The first-order chi connectivity index (χ1) is 8.28. The zero-order valence-electron chi connectivity index (χ0n) is 10.3. The minimum atomic E-state index is 0.163. The zero-order chi connectivity index (χ0) is 12.1. The molecule has 17 heavy (non-hydrogen) atoms. The third-order valence-electron chi connectivity index (χ3n) is 3.12. The van der Waals surface area contributed by atoms with Crippen LogP contribution in [0.3, 0.4) is 0 Å². The molecule has 2 N–H and O–H groups in total. The maximum absolute atomic E-state index is 11.7. The van der Waals surface area contributed by atoms with Crippen LogP contribution in [0.15, 0.2) is 12.1 Å². The number of carbonyl (C=O) groups is 1. The second kappa shape index (κ2) is 6.17. The van der Waals surface area contributed by atoms with Gasteiger partial charge in [-0.2, -0.15) is 0 Å². The van der Waals surface area contributed by atoms with Gasteiger partial charge in [-0.3, -0.25) is 4.79 Å². The average Bonchev–Trinajstić information content (AvgIpc) is 2.96. The fourth-order valence-corrected chi connectivity index (χ4v) is 3.02. The van der Waals surface area contributed by atoms with Crippen molar-refractivity contribution in [1.82, 2.24) is 10.6 Å². The summed E-state index contributed by atoms with van der Waals surface area (Å²) in [6, 6.07) is 4.65. The highest BCUT2D eigenvalue weighted by atomic mass is 32.1. The number of carbonyl (C=O) groups excluding carboxylic acids is 1. The molecule has 2 heterocycles. The summed E-state index contributed by atoms with van der Waals surface area (Å²) in [5, 5.41) is 6.34. The van der Waals surface area contributed by atoms with Crippen molar-refractivity contribution in [3.63, 3.8) is 0 Å². The van der Waals surface area contributed by atoms with Crippen LogP contribution in [-0.2, 0) is 17.8 Å². The molecule has 1 aromatic heterocycles. The molecule has 0 aromatic carbocycles. The van der Waals surface area contributed by atoms with E-state index in [-0.39, 0.29) is 5.91 Å². The van der Waals surface area contributed by atoms with Gasteiger partial charge >= 0.3 is 0 Å². The smallest absolute Gasteiger partial charge is 0.221 e. The van der Waals surface area contributed by atoms with Gasteiger partial charge in [-0.15, -0.1) is 11.3 Å². The first kappa shape index (κ1) is 12.6. The number of hydrogen-bond acceptors (Lipinski definition) is 3. The second-order valence-corrected chi connectivity index (χ2v) is 5.75. The van der Waals surface area contributed by atoms with Crippen molar-refractivity contribution in [3.8, 4) is 0 Å². The minimum Gasteiger partial charge on any atom is -0.351 e. The maximum Gasteiger partial charge on any atom is 0.221 e. The molecule has 0 bridgehead atoms. The van der Waals surface area contributed by atoms with E-state index in [9.17, 15) is 4.79 Å². The van der Waals surface area contributed by atoms with Crippen molar-refractivity contribution < 1.29 is 4.79 Å². The lowest BCUT2D eigenvalue weighted by Gasteiger charge is -2.09. The Morgan fingerprint density at radius 1 is 1.53 bits per heavy atom. The third-order valence-corrected chi connectivity index (χ3v) is 4.35. The van der Waals surface area contributed by atoms with E-state index >= 15 is 0 Å². The lowest BCUT2D eigenvalue weighted by atomic mass is 10.1. The minimum absolute atomic E-state index is 0.163. The van der Waals surface area contributed by atoms with E-state index in [2.05, 4.69) is 29.7 Å². The first-order valence-corrected chi connectivity index (χ1v) is 7.17. The van der Waals surface area contributed by atoms with Gasteiger partial charge in [0.1, 0.15) is 0 Å². The Kier molecular flexibility index (Phi) is 4.57. The second-order valence-electron chi connectivity index (χ2n) is 4.50. The molecular weight excluding hydrogens is 232 g/mol. The standard InChI is InChI=1S/C13H20N2OS/c1-2-11-5-6-12(17-11)9-15-13(16)8-10-4-3-7-14-10/h5-6,10,14H,2-4,7-9H2,1H3,(H,15,16). The molecule has 4 heteroatoms. The highest BCUT2D eigenvalue weighted by Gasteiger charge is 2.17. The van der Waals surface area contributed by atoms with Gasteiger partial charge in [0, 0.05) is 22.2 Å². The van der Waals surface area contributed by atoms with Gasteiger partial charge in [0.15, 0.2) is 0 Å². The topological polar surface area (TPSA) is 41.1 Å². The van der Waals surface area contributed by atoms with Crippen molar-refractivity contribution in [1.29, 1.82) is 0 Å². The third kappa shape index (κ3) is 3.82. The molecule has 0 radical (unpaired) electrons. The van der Waals surface area contributed by atoms with Gasteiger partial charge in [0.25, 0.3) is 0 Å². The Bertz CT molecular complexity index is 369. The highest BCUT2D eigenvalue weighted by molar-refractivity contribution is 7.11. The maximum atomic E-state index is 11.7. The average molecular weight is 252 g/mol. The Hall–Kier alpha value is -0.870. The first-order valence-electron chi connectivity index (χ1n) is 6.35. The van der Waals surface area contributed by atoms with E-state index in [1.54, 1.807) is 11.3 Å². The van der Waals surface area contributed by atoms with Gasteiger partial charge < -0.3 is 10.6 Å².